The van der Waals surface area contributed by atoms with Gasteiger partial charge in [-0.05, 0) is 42.3 Å². The molecule has 0 bridgehead atoms. The Hall–Kier alpha value is -2.34. The van der Waals surface area contributed by atoms with E-state index < -0.39 is 12.7 Å². The largest absolute Gasteiger partial charge is 0.493 e. The summed E-state index contributed by atoms with van der Waals surface area (Å²) in [5, 5.41) is 16.5. The van der Waals surface area contributed by atoms with Crippen LogP contribution in [-0.2, 0) is 6.54 Å². The molecule has 0 heterocycles. The summed E-state index contributed by atoms with van der Waals surface area (Å²) in [5.74, 6) is 1.84. The van der Waals surface area contributed by atoms with Gasteiger partial charge in [0.2, 0.25) is 0 Å². The normalized spacial score (nSPS) is 12.0. The highest BCUT2D eigenvalue weighted by molar-refractivity contribution is 14.0. The second-order valence-corrected chi connectivity index (χ2v) is 6.23. The number of nitrogens with zero attached hydrogens (tertiary/aromatic N) is 1. The molecule has 0 aliphatic heterocycles. The maximum absolute atomic E-state index is 12.2. The zero-order valence-electron chi connectivity index (χ0n) is 17.6. The van der Waals surface area contributed by atoms with Crippen molar-refractivity contribution in [3.05, 3.63) is 53.6 Å². The molecule has 7 nitrogen and oxygen atoms in total. The number of alkyl halides is 2. The molecule has 10 heteroatoms. The Bertz CT molecular complexity index is 823. The van der Waals surface area contributed by atoms with Crippen LogP contribution < -0.4 is 24.8 Å². The highest BCUT2D eigenvalue weighted by Crippen LogP contribution is 2.27. The lowest BCUT2D eigenvalue weighted by Crippen LogP contribution is -2.39. The molecule has 0 spiro atoms. The number of halogens is 3. The quantitative estimate of drug-likeness (QED) is 0.237. The first-order valence-electron chi connectivity index (χ1n) is 9.42. The van der Waals surface area contributed by atoms with Gasteiger partial charge in [0, 0.05) is 13.1 Å². The van der Waals surface area contributed by atoms with E-state index in [1.54, 1.807) is 14.2 Å². The van der Waals surface area contributed by atoms with Gasteiger partial charge in [-0.1, -0.05) is 18.2 Å². The molecule has 0 amide bonds. The molecule has 1 atom stereocenters. The Morgan fingerprint density at radius 1 is 1.03 bits per heavy atom. The molecule has 1 unspecified atom stereocenters. The topological polar surface area (TPSA) is 84.3 Å². The third-order valence-electron chi connectivity index (χ3n) is 4.16. The van der Waals surface area contributed by atoms with Crippen LogP contribution >= 0.6 is 24.0 Å². The average Bonchev–Trinajstić information content (AvgIpc) is 2.75. The van der Waals surface area contributed by atoms with Crippen molar-refractivity contribution in [2.24, 2.45) is 4.99 Å². The number of hydrogen-bond acceptors (Lipinski definition) is 5. The zero-order chi connectivity index (χ0) is 21.9. The summed E-state index contributed by atoms with van der Waals surface area (Å²) >= 11 is 0. The summed E-state index contributed by atoms with van der Waals surface area (Å²) in [4.78, 5) is 4.51. The summed E-state index contributed by atoms with van der Waals surface area (Å²) in [6.07, 6.45) is -0.851. The van der Waals surface area contributed by atoms with Crippen molar-refractivity contribution in [1.29, 1.82) is 0 Å². The smallest absolute Gasteiger partial charge is 0.387 e. The zero-order valence-corrected chi connectivity index (χ0v) is 19.9. The number of guanidine groups is 1. The van der Waals surface area contributed by atoms with Crippen molar-refractivity contribution in [1.82, 2.24) is 10.6 Å². The molecule has 0 radical (unpaired) electrons. The van der Waals surface area contributed by atoms with Gasteiger partial charge < -0.3 is 30.0 Å². The van der Waals surface area contributed by atoms with Crippen LogP contribution in [0, 0.1) is 0 Å². The summed E-state index contributed by atoms with van der Waals surface area (Å²) in [6, 6.07) is 11.4. The summed E-state index contributed by atoms with van der Waals surface area (Å²) in [5.41, 5.74) is 1.50. The molecule has 172 valence electrons. The van der Waals surface area contributed by atoms with Crippen LogP contribution in [0.4, 0.5) is 8.78 Å². The molecule has 31 heavy (non-hydrogen) atoms. The maximum atomic E-state index is 12.2. The Morgan fingerprint density at radius 2 is 1.71 bits per heavy atom. The van der Waals surface area contributed by atoms with Crippen molar-refractivity contribution in [2.75, 3.05) is 27.3 Å². The number of benzene rings is 2. The molecular weight excluding hydrogens is 523 g/mol. The number of hydrogen-bond donors (Lipinski definition) is 3. The summed E-state index contributed by atoms with van der Waals surface area (Å²) in [7, 11) is 3.15. The number of methoxy groups -OCH3 is 2. The van der Waals surface area contributed by atoms with E-state index >= 15 is 0 Å². The first-order valence-corrected chi connectivity index (χ1v) is 9.42. The van der Waals surface area contributed by atoms with Gasteiger partial charge in [-0.15, -0.1) is 24.0 Å². The van der Waals surface area contributed by atoms with Crippen LogP contribution in [0.15, 0.2) is 47.5 Å². The van der Waals surface area contributed by atoms with E-state index in [0.29, 0.717) is 36.1 Å². The molecule has 2 aromatic rings. The van der Waals surface area contributed by atoms with Crippen molar-refractivity contribution < 1.29 is 28.1 Å². The van der Waals surface area contributed by atoms with Crippen molar-refractivity contribution in [3.63, 3.8) is 0 Å². The third-order valence-corrected chi connectivity index (χ3v) is 4.16. The van der Waals surface area contributed by atoms with Gasteiger partial charge in [-0.2, -0.15) is 8.78 Å². The Kier molecular flexibility index (Phi) is 11.9. The van der Waals surface area contributed by atoms with E-state index in [-0.39, 0.29) is 36.3 Å². The highest BCUT2D eigenvalue weighted by atomic mass is 127. The fourth-order valence-electron chi connectivity index (χ4n) is 2.67. The first-order chi connectivity index (χ1) is 14.5. The van der Waals surface area contributed by atoms with Gasteiger partial charge in [0.15, 0.2) is 17.5 Å². The first kappa shape index (κ1) is 26.7. The van der Waals surface area contributed by atoms with Gasteiger partial charge in [0.1, 0.15) is 5.75 Å². The van der Waals surface area contributed by atoms with E-state index in [1.165, 1.54) is 24.3 Å². The lowest BCUT2D eigenvalue weighted by molar-refractivity contribution is -0.0498. The van der Waals surface area contributed by atoms with Gasteiger partial charge in [-0.25, -0.2) is 4.99 Å². The monoisotopic (exact) mass is 551 g/mol. The Balaban J connectivity index is 0.00000480. The van der Waals surface area contributed by atoms with E-state index in [2.05, 4.69) is 20.4 Å². The molecule has 0 saturated carbocycles. The number of nitrogens with one attached hydrogen (secondary N) is 2. The fourth-order valence-corrected chi connectivity index (χ4v) is 2.67. The number of aliphatic hydroxyl groups is 1. The fraction of sp³-hybridized carbons (Fsp3) is 0.381. The van der Waals surface area contributed by atoms with E-state index in [0.717, 1.165) is 5.56 Å². The minimum Gasteiger partial charge on any atom is -0.493 e. The molecule has 0 aliphatic carbocycles. The SMILES string of the molecule is CCNC(=NCc1ccc(OC)c(OC)c1)NCC(O)c1ccc(OC(F)F)cc1.I. The molecule has 0 fully saturated rings. The van der Waals surface area contributed by atoms with Gasteiger partial charge in [0.25, 0.3) is 0 Å². The van der Waals surface area contributed by atoms with Crippen molar-refractivity contribution in [3.8, 4) is 17.2 Å². The van der Waals surface area contributed by atoms with Crippen LogP contribution in [0.5, 0.6) is 17.2 Å². The summed E-state index contributed by atoms with van der Waals surface area (Å²) < 4.78 is 39.3. The maximum Gasteiger partial charge on any atom is 0.387 e. The van der Waals surface area contributed by atoms with E-state index in [9.17, 15) is 13.9 Å². The second kappa shape index (κ2) is 13.9. The number of rotatable bonds is 10. The standard InChI is InChI=1S/C21H27F2N3O4.HI/c1-4-24-21(25-12-14-5-10-18(28-2)19(11-14)29-3)26-13-17(27)15-6-8-16(9-7-15)30-20(22)23;/h5-11,17,20,27H,4,12-13H2,1-3H3,(H2,24,25,26);1H. The van der Waals surface area contributed by atoms with Crippen LogP contribution in [0.25, 0.3) is 0 Å². The predicted octanol–water partition coefficient (Wildman–Crippen LogP) is 3.71. The number of aliphatic imine (C=N–C) groups is 1. The van der Waals surface area contributed by atoms with Gasteiger partial charge >= 0.3 is 6.61 Å². The number of aliphatic hydroxyl groups excluding tert-OH is 1. The Morgan fingerprint density at radius 3 is 2.29 bits per heavy atom. The van der Waals surface area contributed by atoms with Gasteiger partial charge in [-0.3, -0.25) is 0 Å². The molecule has 3 N–H and O–H groups in total. The van der Waals surface area contributed by atoms with E-state index in [4.69, 9.17) is 9.47 Å². The minimum absolute atomic E-state index is 0. The molecular formula is C21H28F2IN3O4. The molecule has 2 aromatic carbocycles. The van der Waals surface area contributed by atoms with Crippen molar-refractivity contribution >= 4 is 29.9 Å². The molecule has 0 aliphatic rings. The predicted molar refractivity (Wildman–Crippen MR) is 126 cm³/mol. The average molecular weight is 551 g/mol. The molecule has 2 rings (SSSR count). The summed E-state index contributed by atoms with van der Waals surface area (Å²) in [6.45, 7) is 0.282. The minimum atomic E-state index is -2.88. The van der Waals surface area contributed by atoms with Crippen LogP contribution in [-0.4, -0.2) is 45.0 Å². The van der Waals surface area contributed by atoms with Crippen molar-refractivity contribution in [2.45, 2.75) is 26.2 Å². The second-order valence-electron chi connectivity index (χ2n) is 6.23. The molecule has 0 saturated heterocycles. The van der Waals surface area contributed by atoms with Gasteiger partial charge in [0.05, 0.1) is 26.9 Å². The molecule has 0 aromatic heterocycles. The Labute approximate surface area is 197 Å². The lowest BCUT2D eigenvalue weighted by atomic mass is 10.1. The third kappa shape index (κ3) is 8.74. The van der Waals surface area contributed by atoms with E-state index in [1.807, 2.05) is 25.1 Å². The van der Waals surface area contributed by atoms with Crippen LogP contribution in [0.2, 0.25) is 0 Å². The number of ether oxygens (including phenoxy) is 3. The van der Waals surface area contributed by atoms with Crippen LogP contribution in [0.1, 0.15) is 24.2 Å². The lowest BCUT2D eigenvalue weighted by Gasteiger charge is -2.16. The van der Waals surface area contributed by atoms with Crippen LogP contribution in [0.3, 0.4) is 0 Å². The highest BCUT2D eigenvalue weighted by Gasteiger charge is 2.11.